The van der Waals surface area contributed by atoms with Crippen molar-refractivity contribution < 1.29 is 17.2 Å². The molecule has 0 atom stereocenters. The van der Waals surface area contributed by atoms with Gasteiger partial charge in [-0.1, -0.05) is 29.3 Å². The molecule has 0 radical (unpaired) electrons. The number of hydrogen-bond donors (Lipinski definition) is 0. The van der Waals surface area contributed by atoms with Crippen LogP contribution in [-0.2, 0) is 10.0 Å². The molecule has 2 aromatic carbocycles. The Labute approximate surface area is 212 Å². The van der Waals surface area contributed by atoms with Crippen LogP contribution in [0.4, 0.5) is 20.4 Å². The molecule has 2 aliphatic rings. The first-order chi connectivity index (χ1) is 17.2. The summed E-state index contributed by atoms with van der Waals surface area (Å²) in [5.41, 5.74) is 0.608. The van der Waals surface area contributed by atoms with Gasteiger partial charge in [-0.3, -0.25) is 0 Å². The average Bonchev–Trinajstić information content (AvgIpc) is 3.48. The standard InChI is InChI=1S/C25H22ClF2N5O2S/c1-16-4-6-18(7-5-16)36(34,35)33-21-14-17(27)13-19(26)22(21)24(30-33)32-12-11-31(15-25(32)8-9-25)23-20(28)3-2-10-29-23/h2-7,10,13-14H,8-9,11-12,15H2,1H3. The van der Waals surface area contributed by atoms with E-state index in [-0.39, 0.29) is 26.8 Å². The smallest absolute Gasteiger partial charge is 0.283 e. The number of fused-ring (bicyclic) bond motifs is 1. The molecule has 36 heavy (non-hydrogen) atoms. The first kappa shape index (κ1) is 23.2. The van der Waals surface area contributed by atoms with Crippen molar-refractivity contribution in [1.29, 1.82) is 0 Å². The van der Waals surface area contributed by atoms with E-state index in [1.807, 2.05) is 16.7 Å². The minimum Gasteiger partial charge on any atom is -0.350 e. The van der Waals surface area contributed by atoms with Gasteiger partial charge >= 0.3 is 0 Å². The first-order valence-corrected chi connectivity index (χ1v) is 13.3. The zero-order valence-corrected chi connectivity index (χ0v) is 20.9. The van der Waals surface area contributed by atoms with Gasteiger partial charge in [0.15, 0.2) is 17.5 Å². The maximum atomic E-state index is 14.4. The monoisotopic (exact) mass is 529 g/mol. The summed E-state index contributed by atoms with van der Waals surface area (Å²) in [5, 5.41) is 4.99. The van der Waals surface area contributed by atoms with Crippen LogP contribution in [0.1, 0.15) is 18.4 Å². The number of piperazine rings is 1. The third-order valence-electron chi connectivity index (χ3n) is 6.97. The van der Waals surface area contributed by atoms with Crippen LogP contribution in [0.15, 0.2) is 59.6 Å². The van der Waals surface area contributed by atoms with E-state index in [1.165, 1.54) is 18.2 Å². The van der Waals surface area contributed by atoms with Gasteiger partial charge in [0.2, 0.25) is 0 Å². The summed E-state index contributed by atoms with van der Waals surface area (Å²) in [6.45, 7) is 3.26. The van der Waals surface area contributed by atoms with Gasteiger partial charge < -0.3 is 9.80 Å². The largest absolute Gasteiger partial charge is 0.350 e. The van der Waals surface area contributed by atoms with Crippen molar-refractivity contribution in [3.05, 3.63) is 76.9 Å². The van der Waals surface area contributed by atoms with Gasteiger partial charge in [-0.2, -0.15) is 12.5 Å². The summed E-state index contributed by atoms with van der Waals surface area (Å²) >= 11 is 6.49. The highest BCUT2D eigenvalue weighted by molar-refractivity contribution is 7.90. The molecule has 11 heteroatoms. The highest BCUT2D eigenvalue weighted by Crippen LogP contribution is 2.49. The lowest BCUT2D eigenvalue weighted by Gasteiger charge is -2.43. The van der Waals surface area contributed by atoms with Gasteiger partial charge in [0.1, 0.15) is 5.82 Å². The number of pyridine rings is 1. The van der Waals surface area contributed by atoms with E-state index >= 15 is 0 Å². The summed E-state index contributed by atoms with van der Waals surface area (Å²) in [6, 6.07) is 11.6. The summed E-state index contributed by atoms with van der Waals surface area (Å²) < 4.78 is 56.9. The van der Waals surface area contributed by atoms with Gasteiger partial charge in [0, 0.05) is 31.9 Å². The van der Waals surface area contributed by atoms with Crippen LogP contribution < -0.4 is 9.80 Å². The molecule has 1 aliphatic carbocycles. The van der Waals surface area contributed by atoms with Crippen molar-refractivity contribution in [2.75, 3.05) is 29.4 Å². The molecule has 6 rings (SSSR count). The zero-order valence-electron chi connectivity index (χ0n) is 19.3. The predicted molar refractivity (Wildman–Crippen MR) is 134 cm³/mol. The van der Waals surface area contributed by atoms with Crippen LogP contribution in [0.3, 0.4) is 0 Å². The predicted octanol–water partition coefficient (Wildman–Crippen LogP) is 4.77. The second-order valence-corrected chi connectivity index (χ2v) is 11.5. The number of benzene rings is 2. The third kappa shape index (κ3) is 3.62. The van der Waals surface area contributed by atoms with E-state index in [1.54, 1.807) is 24.4 Å². The fraction of sp³-hybridized carbons (Fsp3) is 0.280. The van der Waals surface area contributed by atoms with Crippen LogP contribution in [0.2, 0.25) is 5.02 Å². The Morgan fingerprint density at radius 3 is 2.47 bits per heavy atom. The molecule has 2 fully saturated rings. The van der Waals surface area contributed by atoms with Crippen molar-refractivity contribution in [1.82, 2.24) is 14.2 Å². The molecule has 3 heterocycles. The van der Waals surface area contributed by atoms with Gasteiger partial charge in [-0.05, 0) is 50.1 Å². The quantitative estimate of drug-likeness (QED) is 0.379. The molecule has 0 amide bonds. The van der Waals surface area contributed by atoms with Crippen LogP contribution in [0.5, 0.6) is 0 Å². The number of hydrogen-bond acceptors (Lipinski definition) is 6. The molecule has 1 saturated heterocycles. The fourth-order valence-corrected chi connectivity index (χ4v) is 6.53. The molecular formula is C25H22ClF2N5O2S. The number of aromatic nitrogens is 3. The molecule has 4 aromatic rings. The molecule has 7 nitrogen and oxygen atoms in total. The number of halogens is 3. The highest BCUT2D eigenvalue weighted by Gasteiger charge is 2.53. The van der Waals surface area contributed by atoms with Crippen molar-refractivity contribution >= 4 is 44.2 Å². The van der Waals surface area contributed by atoms with Gasteiger partial charge in [0.05, 0.1) is 26.4 Å². The first-order valence-electron chi connectivity index (χ1n) is 11.5. The van der Waals surface area contributed by atoms with Gasteiger partial charge in [-0.15, -0.1) is 5.10 Å². The Hall–Kier alpha value is -3.24. The van der Waals surface area contributed by atoms with Gasteiger partial charge in [-0.25, -0.2) is 13.8 Å². The molecule has 2 aromatic heterocycles. The van der Waals surface area contributed by atoms with E-state index in [9.17, 15) is 17.2 Å². The number of aryl methyl sites for hydroxylation is 1. The molecule has 186 valence electrons. The lowest BCUT2D eigenvalue weighted by atomic mass is 10.1. The molecule has 0 unspecified atom stereocenters. The lowest BCUT2D eigenvalue weighted by Crippen LogP contribution is -2.56. The van der Waals surface area contributed by atoms with E-state index < -0.39 is 15.8 Å². The number of rotatable bonds is 4. The van der Waals surface area contributed by atoms with E-state index in [4.69, 9.17) is 11.6 Å². The summed E-state index contributed by atoms with van der Waals surface area (Å²) in [6.07, 6.45) is 3.19. The third-order valence-corrected chi connectivity index (χ3v) is 8.87. The van der Waals surface area contributed by atoms with Crippen molar-refractivity contribution in [2.45, 2.75) is 30.2 Å². The van der Waals surface area contributed by atoms with Crippen LogP contribution in [-0.4, -0.2) is 47.8 Å². The van der Waals surface area contributed by atoms with E-state index in [2.05, 4.69) is 10.1 Å². The SMILES string of the molecule is Cc1ccc(S(=O)(=O)n2nc(N3CCN(c4ncccc4F)CC34CC4)c3c(Cl)cc(F)cc32)cc1. The molecular weight excluding hydrogens is 508 g/mol. The number of anilines is 2. The highest BCUT2D eigenvalue weighted by atomic mass is 35.5. The zero-order chi connectivity index (χ0) is 25.2. The molecule has 0 N–H and O–H groups in total. The average molecular weight is 530 g/mol. The Morgan fingerprint density at radius 2 is 1.78 bits per heavy atom. The Bertz CT molecular complexity index is 1600. The van der Waals surface area contributed by atoms with Crippen LogP contribution in [0, 0.1) is 18.6 Å². The van der Waals surface area contributed by atoms with Crippen molar-refractivity contribution in [3.63, 3.8) is 0 Å². The van der Waals surface area contributed by atoms with E-state index in [0.29, 0.717) is 36.7 Å². The van der Waals surface area contributed by atoms with Crippen LogP contribution in [0.25, 0.3) is 10.9 Å². The summed E-state index contributed by atoms with van der Waals surface area (Å²) in [7, 11) is -4.13. The summed E-state index contributed by atoms with van der Waals surface area (Å²) in [4.78, 5) is 8.20. The molecule has 0 bridgehead atoms. The maximum absolute atomic E-state index is 14.4. The second-order valence-electron chi connectivity index (χ2n) is 9.37. The lowest BCUT2D eigenvalue weighted by molar-refractivity contribution is 0.492. The van der Waals surface area contributed by atoms with Crippen LogP contribution >= 0.6 is 11.6 Å². The van der Waals surface area contributed by atoms with Gasteiger partial charge in [0.25, 0.3) is 10.0 Å². The fourth-order valence-electron chi connectivity index (χ4n) is 4.98. The normalized spacial score (nSPS) is 17.2. The molecule has 1 spiro atoms. The second kappa shape index (κ2) is 8.14. The van der Waals surface area contributed by atoms with Crippen molar-refractivity contribution in [2.24, 2.45) is 0 Å². The minimum atomic E-state index is -4.13. The Morgan fingerprint density at radius 1 is 1.03 bits per heavy atom. The Kier molecular flexibility index (Phi) is 5.24. The minimum absolute atomic E-state index is 0.0426. The van der Waals surface area contributed by atoms with Crippen molar-refractivity contribution in [3.8, 4) is 0 Å². The summed E-state index contributed by atoms with van der Waals surface area (Å²) in [5.74, 6) is -0.375. The van der Waals surface area contributed by atoms with E-state index in [0.717, 1.165) is 34.6 Å². The molecule has 1 aliphatic heterocycles. The molecule has 1 saturated carbocycles. The Balaban J connectivity index is 1.46. The topological polar surface area (TPSA) is 71.3 Å². The maximum Gasteiger partial charge on any atom is 0.283 e. The number of nitrogens with zero attached hydrogens (tertiary/aromatic N) is 5.